The molecule has 3 saturated heterocycles. The van der Waals surface area contributed by atoms with Crippen molar-refractivity contribution in [2.24, 2.45) is 45.9 Å². The summed E-state index contributed by atoms with van der Waals surface area (Å²) in [6.45, 7) is 4.99. The minimum absolute atomic E-state index is 0.0109. The summed E-state index contributed by atoms with van der Waals surface area (Å²) in [4.78, 5) is 251. The zero-order valence-corrected chi connectivity index (χ0v) is 52.0. The SMILES string of the molecule is CCCC[C@H](NC(=O)[C@@H]1CCCN1C(=O)[C@H](CC(N)=O)NC(=O)[C@H](C)NC(=O)[C@H](CC(N)=O)NC(=O)[C@@H]1CCCN1C(=O)[C@H](CC(N)=O)NC(=O)[C@H](C)NC(=O)[C@H](CC(N)=O)NC(=O)[C@@H]1CCCN1C(=O)[C@H](CC(N)=O)NC(=O)[C@H](C)NC(=O)[C@@H](N)CC(N)=O)C(N)=O. The fourth-order valence-electron chi connectivity index (χ4n) is 10.4. The number of hydrogen-bond acceptors (Lipinski definition) is 20. The highest BCUT2D eigenvalue weighted by molar-refractivity contribution is 6.03. The van der Waals surface area contributed by atoms with Crippen molar-refractivity contribution in [1.82, 2.24) is 62.6 Å². The number of nitrogens with zero attached hydrogens (tertiary/aromatic N) is 3. The van der Waals surface area contributed by atoms with Crippen LogP contribution in [0.3, 0.4) is 0 Å². The molecule has 39 nitrogen and oxygen atoms in total. The summed E-state index contributed by atoms with van der Waals surface area (Å²) < 4.78 is 0. The molecule has 0 aromatic carbocycles. The van der Waals surface area contributed by atoms with E-state index in [9.17, 15) is 91.1 Å². The lowest BCUT2D eigenvalue weighted by molar-refractivity contribution is -0.144. The van der Waals surface area contributed by atoms with Crippen molar-refractivity contribution in [1.29, 1.82) is 0 Å². The van der Waals surface area contributed by atoms with Crippen LogP contribution < -0.4 is 93.7 Å². The van der Waals surface area contributed by atoms with Crippen molar-refractivity contribution < 1.29 is 91.1 Å². The normalized spacial score (nSPS) is 19.1. The predicted octanol–water partition coefficient (Wildman–Crippen LogP) is -11.4. The van der Waals surface area contributed by atoms with Crippen LogP contribution in [0.1, 0.15) is 124 Å². The third kappa shape index (κ3) is 23.9. The average Bonchev–Trinajstić information content (AvgIpc) is 1.82. The first kappa shape index (κ1) is 77.1. The van der Waals surface area contributed by atoms with Gasteiger partial charge < -0.3 is 108 Å². The Morgan fingerprint density at radius 3 is 0.892 bits per heavy atom. The topological polar surface area (TPSA) is 650 Å². The molecule has 0 saturated carbocycles. The quantitative estimate of drug-likeness (QED) is 0.0275. The Labute approximate surface area is 532 Å². The number of hydrogen-bond donors (Lipinski definition) is 17. The Morgan fingerprint density at radius 2 is 0.624 bits per heavy atom. The number of nitrogens with one attached hydrogen (secondary N) is 9. The molecule has 0 bridgehead atoms. The van der Waals surface area contributed by atoms with Gasteiger partial charge in [-0.1, -0.05) is 19.8 Å². The Hall–Kier alpha value is -10.1. The highest BCUT2D eigenvalue weighted by Gasteiger charge is 2.44. The second kappa shape index (κ2) is 36.1. The monoisotopic (exact) mass is 1320 g/mol. The third-order valence-corrected chi connectivity index (χ3v) is 15.2. The molecule has 19 amide bonds. The second-order valence-electron chi connectivity index (χ2n) is 22.8. The first-order valence-electron chi connectivity index (χ1n) is 29.9. The van der Waals surface area contributed by atoms with Gasteiger partial charge in [-0.2, -0.15) is 0 Å². The van der Waals surface area contributed by atoms with Crippen molar-refractivity contribution in [3.63, 3.8) is 0 Å². The molecule has 13 atom stereocenters. The summed E-state index contributed by atoms with van der Waals surface area (Å²) in [7, 11) is 0. The molecule has 0 aromatic heterocycles. The van der Waals surface area contributed by atoms with Crippen LogP contribution in [0.5, 0.6) is 0 Å². The molecule has 0 unspecified atom stereocenters. The number of carbonyl (C=O) groups excluding carboxylic acids is 19. The second-order valence-corrected chi connectivity index (χ2v) is 22.8. The van der Waals surface area contributed by atoms with E-state index in [0.717, 1.165) is 28.5 Å². The minimum atomic E-state index is -1.84. The average molecular weight is 1320 g/mol. The summed E-state index contributed by atoms with van der Waals surface area (Å²) in [5, 5.41) is 20.8. The van der Waals surface area contributed by atoms with E-state index >= 15 is 0 Å². The van der Waals surface area contributed by atoms with Crippen LogP contribution in [0.25, 0.3) is 0 Å². The van der Waals surface area contributed by atoms with E-state index < -0.39 is 229 Å². The van der Waals surface area contributed by atoms with Gasteiger partial charge in [-0.3, -0.25) is 91.1 Å². The molecule has 3 rings (SSSR count). The number of likely N-dealkylation sites (tertiary alicyclic amines) is 3. The zero-order chi connectivity index (χ0) is 70.3. The lowest BCUT2D eigenvalue weighted by Gasteiger charge is -2.31. The Balaban J connectivity index is 1.72. The number of unbranched alkanes of at least 4 members (excludes halogenated alkanes) is 1. The largest absolute Gasteiger partial charge is 0.370 e. The van der Waals surface area contributed by atoms with Gasteiger partial charge >= 0.3 is 0 Å². The third-order valence-electron chi connectivity index (χ3n) is 15.2. The number of primary amides is 7. The molecule has 0 spiro atoms. The molecule has 0 radical (unpaired) electrons. The van der Waals surface area contributed by atoms with Crippen LogP contribution in [-0.4, -0.2) is 225 Å². The van der Waals surface area contributed by atoms with Crippen molar-refractivity contribution >= 4 is 112 Å². The van der Waals surface area contributed by atoms with Crippen molar-refractivity contribution in [3.05, 3.63) is 0 Å². The lowest BCUT2D eigenvalue weighted by atomic mass is 10.1. The molecule has 0 aliphatic carbocycles. The van der Waals surface area contributed by atoms with Gasteiger partial charge in [-0.25, -0.2) is 0 Å². The van der Waals surface area contributed by atoms with E-state index in [-0.39, 0.29) is 58.2 Å². The Morgan fingerprint density at radius 1 is 0.355 bits per heavy atom. The standard InChI is InChI=1S/C54H86N20O19/c1-5-6-10-27(42(62)81)66-49(88)33-11-7-14-72(33)52(91)31(21-40(60)79)70-44(83)24(3)64-47(86)29(19-38(58)77)68-51(90)35-13-9-16-74(35)54(93)32(22-41(61)80)71-45(84)25(4)65-48(87)28(18-37(57)76)67-50(89)34-12-8-15-73(34)53(92)30(20-39(59)78)69-43(82)23(2)63-46(85)26(55)17-36(56)75/h23-35H,5-22,55H2,1-4H3,(H2,56,75)(H2,57,76)(H2,58,77)(H2,59,78)(H2,60,79)(H2,61,80)(H2,62,81)(H,63,85)(H,64,86)(H,65,87)(H,66,88)(H,67,89)(H,68,90)(H,69,82)(H,70,83)(H,71,84)/t23-,24-,25-,26-,27-,28-,29-,30-,31-,32-,33-,34-,35-/m0/s1. The Kier molecular flexibility index (Phi) is 29.9. The van der Waals surface area contributed by atoms with Gasteiger partial charge in [0.2, 0.25) is 112 Å². The summed E-state index contributed by atoms with van der Waals surface area (Å²) in [5.74, 6) is -19.6. The molecular formula is C54H86N20O19. The van der Waals surface area contributed by atoms with Gasteiger partial charge in [-0.05, 0) is 65.7 Å². The fraction of sp³-hybridized carbons (Fsp3) is 0.648. The molecule has 3 aliphatic heterocycles. The van der Waals surface area contributed by atoms with E-state index in [4.69, 9.17) is 45.9 Å². The lowest BCUT2D eigenvalue weighted by Crippen LogP contribution is -2.61. The Bertz CT molecular complexity index is 2910. The van der Waals surface area contributed by atoms with Crippen LogP contribution >= 0.6 is 0 Å². The van der Waals surface area contributed by atoms with Gasteiger partial charge in [0, 0.05) is 19.6 Å². The number of nitrogens with two attached hydrogens (primary N) is 8. The predicted molar refractivity (Wildman–Crippen MR) is 318 cm³/mol. The molecule has 93 heavy (non-hydrogen) atoms. The van der Waals surface area contributed by atoms with Crippen molar-refractivity contribution in [2.75, 3.05) is 19.6 Å². The summed E-state index contributed by atoms with van der Waals surface area (Å²) in [6, 6.07) is -19.9. The first-order chi connectivity index (χ1) is 43.5. The van der Waals surface area contributed by atoms with E-state index in [1.165, 1.54) is 6.92 Å². The molecular weight excluding hydrogens is 1230 g/mol. The maximum atomic E-state index is 14.2. The van der Waals surface area contributed by atoms with Gasteiger partial charge in [0.15, 0.2) is 0 Å². The fourth-order valence-corrected chi connectivity index (χ4v) is 10.4. The highest BCUT2D eigenvalue weighted by Crippen LogP contribution is 2.23. The smallest absolute Gasteiger partial charge is 0.246 e. The summed E-state index contributed by atoms with van der Waals surface area (Å²) in [5.41, 5.74) is 43.2. The summed E-state index contributed by atoms with van der Waals surface area (Å²) in [6.07, 6.45) is -2.63. The number of amides is 19. The van der Waals surface area contributed by atoms with Crippen LogP contribution in [0, 0.1) is 0 Å². The molecule has 3 aliphatic rings. The zero-order valence-electron chi connectivity index (χ0n) is 52.0. The molecule has 3 fully saturated rings. The highest BCUT2D eigenvalue weighted by atomic mass is 16.2. The van der Waals surface area contributed by atoms with Crippen LogP contribution in [0.2, 0.25) is 0 Å². The molecule has 3 heterocycles. The maximum absolute atomic E-state index is 14.2. The van der Waals surface area contributed by atoms with E-state index in [1.807, 2.05) is 6.92 Å². The summed E-state index contributed by atoms with van der Waals surface area (Å²) >= 11 is 0. The van der Waals surface area contributed by atoms with Gasteiger partial charge in [0.25, 0.3) is 0 Å². The van der Waals surface area contributed by atoms with Crippen LogP contribution in [-0.2, 0) is 91.1 Å². The van der Waals surface area contributed by atoms with E-state index in [2.05, 4.69) is 47.9 Å². The molecule has 25 N–H and O–H groups in total. The van der Waals surface area contributed by atoms with Crippen molar-refractivity contribution in [3.8, 4) is 0 Å². The van der Waals surface area contributed by atoms with Gasteiger partial charge in [-0.15, -0.1) is 0 Å². The molecule has 39 heteroatoms. The first-order valence-corrected chi connectivity index (χ1v) is 29.9. The van der Waals surface area contributed by atoms with Crippen LogP contribution in [0.15, 0.2) is 0 Å². The maximum Gasteiger partial charge on any atom is 0.246 e. The number of rotatable bonds is 37. The number of carbonyl (C=O) groups is 19. The van der Waals surface area contributed by atoms with Gasteiger partial charge in [0.1, 0.15) is 72.5 Å². The minimum Gasteiger partial charge on any atom is -0.370 e. The van der Waals surface area contributed by atoms with E-state index in [1.54, 1.807) is 0 Å². The van der Waals surface area contributed by atoms with Crippen molar-refractivity contribution in [2.45, 2.75) is 203 Å². The van der Waals surface area contributed by atoms with E-state index in [0.29, 0.717) is 19.3 Å². The molecule has 516 valence electrons. The van der Waals surface area contributed by atoms with Crippen LogP contribution in [0.4, 0.5) is 0 Å². The van der Waals surface area contributed by atoms with Gasteiger partial charge in [0.05, 0.1) is 44.6 Å². The molecule has 0 aromatic rings.